The molecule has 0 radical (unpaired) electrons. The average molecular weight is 563 g/mol. The van der Waals surface area contributed by atoms with Gasteiger partial charge in [0, 0.05) is 36.3 Å². The first kappa shape index (κ1) is 26.0. The molecule has 4 N–H and O–H groups in total. The Labute approximate surface area is 238 Å². The number of nitrogens with zero attached hydrogens (tertiary/aromatic N) is 5. The lowest BCUT2D eigenvalue weighted by Gasteiger charge is -2.41. The monoisotopic (exact) mass is 562 g/mol. The molecule has 3 aromatic rings. The number of aromatic amines is 1. The van der Waals surface area contributed by atoms with E-state index < -0.39 is 0 Å². The summed E-state index contributed by atoms with van der Waals surface area (Å²) in [4.78, 5) is 29.2. The number of nitrogens with one attached hydrogen (secondary N) is 2. The van der Waals surface area contributed by atoms with E-state index in [1.807, 2.05) is 5.38 Å². The van der Waals surface area contributed by atoms with E-state index in [9.17, 15) is 4.79 Å². The minimum absolute atomic E-state index is 0.198. The zero-order valence-electron chi connectivity index (χ0n) is 23.3. The van der Waals surface area contributed by atoms with Crippen molar-refractivity contribution in [2.75, 3.05) is 24.1 Å². The molecule has 7 rings (SSSR count). The van der Waals surface area contributed by atoms with Gasteiger partial charge in [-0.15, -0.1) is 11.3 Å². The summed E-state index contributed by atoms with van der Waals surface area (Å²) in [5, 5.41) is 12.9. The number of thiazole rings is 1. The molecular formula is C29H38N8O2S. The Morgan fingerprint density at radius 1 is 1.18 bits per heavy atom. The molecule has 3 fully saturated rings. The highest BCUT2D eigenvalue weighted by molar-refractivity contribution is 7.14. The van der Waals surface area contributed by atoms with Crippen LogP contribution in [0.25, 0.3) is 11.4 Å². The second-order valence-corrected chi connectivity index (χ2v) is 13.7. The summed E-state index contributed by atoms with van der Waals surface area (Å²) in [5.41, 5.74) is 10.7. The predicted octanol–water partition coefficient (Wildman–Crippen LogP) is 4.70. The van der Waals surface area contributed by atoms with Crippen molar-refractivity contribution in [1.82, 2.24) is 30.0 Å². The number of H-pyrrole nitrogens is 1. The Kier molecular flexibility index (Phi) is 6.43. The Hall–Kier alpha value is -2.89. The number of carbonyl (C=O) groups excluding carboxylic acids is 1. The Morgan fingerprint density at radius 2 is 1.95 bits per heavy atom. The standard InChI is InChI=1S/C29H38N8O2S/c1-28(2)13-17-14-31-26(30)33-22(17)23-21(28)24(36-35-23)25(38)34-27-32-18(16-40-27)15-39-20-5-11-37(12-6-20)19-3-7-29(8-4-19)9-10-29/h14,16,19-20H,3-13,15H2,1-2H3,(H,35,36)(H2,30,31,33)(H,32,34,38). The maximum Gasteiger partial charge on any atom is 0.278 e. The lowest BCUT2D eigenvalue weighted by Crippen LogP contribution is -2.45. The number of piperidine rings is 1. The lowest BCUT2D eigenvalue weighted by atomic mass is 9.73. The minimum Gasteiger partial charge on any atom is -0.372 e. The zero-order valence-corrected chi connectivity index (χ0v) is 24.1. The number of rotatable bonds is 6. The van der Waals surface area contributed by atoms with E-state index in [-0.39, 0.29) is 23.4 Å². The van der Waals surface area contributed by atoms with Gasteiger partial charge in [0.25, 0.3) is 5.91 Å². The highest BCUT2D eigenvalue weighted by Crippen LogP contribution is 2.56. The van der Waals surface area contributed by atoms with E-state index >= 15 is 0 Å². The average Bonchev–Trinajstić information content (AvgIpc) is 3.33. The second-order valence-electron chi connectivity index (χ2n) is 12.9. The smallest absolute Gasteiger partial charge is 0.278 e. The summed E-state index contributed by atoms with van der Waals surface area (Å²) < 4.78 is 6.25. The van der Waals surface area contributed by atoms with Crippen LogP contribution < -0.4 is 11.1 Å². The first-order chi connectivity index (χ1) is 19.3. The fourth-order valence-corrected chi connectivity index (χ4v) is 7.81. The number of nitrogens with two attached hydrogens (primary N) is 1. The van der Waals surface area contributed by atoms with E-state index in [1.54, 1.807) is 6.20 Å². The van der Waals surface area contributed by atoms with Crippen LogP contribution in [0.1, 0.15) is 92.5 Å². The van der Waals surface area contributed by atoms with Gasteiger partial charge in [0.1, 0.15) is 0 Å². The number of anilines is 2. The first-order valence-corrected chi connectivity index (χ1v) is 15.5. The maximum absolute atomic E-state index is 13.3. The Morgan fingerprint density at radius 3 is 2.70 bits per heavy atom. The molecule has 1 spiro atoms. The van der Waals surface area contributed by atoms with Gasteiger partial charge in [-0.2, -0.15) is 5.10 Å². The fourth-order valence-electron chi connectivity index (χ4n) is 7.12. The largest absolute Gasteiger partial charge is 0.372 e. The van der Waals surface area contributed by atoms with Gasteiger partial charge < -0.3 is 15.4 Å². The van der Waals surface area contributed by atoms with Crippen LogP contribution in [-0.2, 0) is 23.2 Å². The van der Waals surface area contributed by atoms with E-state index in [1.165, 1.54) is 49.9 Å². The summed E-state index contributed by atoms with van der Waals surface area (Å²) >= 11 is 1.41. The molecule has 1 aliphatic heterocycles. The first-order valence-electron chi connectivity index (χ1n) is 14.6. The summed E-state index contributed by atoms with van der Waals surface area (Å²) in [6.07, 6.45) is 13.5. The molecule has 40 heavy (non-hydrogen) atoms. The molecule has 3 aromatic heterocycles. The molecule has 2 saturated carbocycles. The molecule has 4 heterocycles. The van der Waals surface area contributed by atoms with Gasteiger partial charge in [0.2, 0.25) is 5.95 Å². The van der Waals surface area contributed by atoms with Crippen LogP contribution in [0.2, 0.25) is 0 Å². The topological polar surface area (TPSA) is 135 Å². The second kappa shape index (κ2) is 9.88. The number of aromatic nitrogens is 5. The molecule has 3 aliphatic carbocycles. The molecule has 212 valence electrons. The van der Waals surface area contributed by atoms with Crippen LogP contribution in [0.15, 0.2) is 11.6 Å². The highest BCUT2D eigenvalue weighted by atomic mass is 32.1. The zero-order chi connectivity index (χ0) is 27.5. The van der Waals surface area contributed by atoms with E-state index in [2.05, 4.69) is 49.2 Å². The third-order valence-corrected chi connectivity index (χ3v) is 10.4. The van der Waals surface area contributed by atoms with Crippen molar-refractivity contribution < 1.29 is 9.53 Å². The number of ether oxygens (including phenoxy) is 1. The number of likely N-dealkylation sites (tertiary alicyclic amines) is 1. The molecule has 0 bridgehead atoms. The number of fused-ring (bicyclic) bond motifs is 3. The van der Waals surface area contributed by atoms with Gasteiger partial charge >= 0.3 is 0 Å². The van der Waals surface area contributed by atoms with Crippen molar-refractivity contribution in [3.05, 3.63) is 34.1 Å². The molecule has 0 aromatic carbocycles. The van der Waals surface area contributed by atoms with Gasteiger partial charge in [-0.1, -0.05) is 13.8 Å². The third-order valence-electron chi connectivity index (χ3n) is 9.62. The number of hydrogen-bond donors (Lipinski definition) is 3. The predicted molar refractivity (Wildman–Crippen MR) is 154 cm³/mol. The van der Waals surface area contributed by atoms with Crippen LogP contribution in [0.3, 0.4) is 0 Å². The summed E-state index contributed by atoms with van der Waals surface area (Å²) in [7, 11) is 0. The third kappa shape index (κ3) is 4.92. The molecule has 11 heteroatoms. The number of carbonyl (C=O) groups is 1. The maximum atomic E-state index is 13.3. The van der Waals surface area contributed by atoms with Crippen LogP contribution in [0.4, 0.5) is 11.1 Å². The van der Waals surface area contributed by atoms with Crippen LogP contribution >= 0.6 is 11.3 Å². The summed E-state index contributed by atoms with van der Waals surface area (Å²) in [6, 6.07) is 0.781. The summed E-state index contributed by atoms with van der Waals surface area (Å²) in [6.45, 7) is 6.92. The normalized spacial score (nSPS) is 22.1. The molecular weight excluding hydrogens is 524 g/mol. The molecule has 1 saturated heterocycles. The Balaban J connectivity index is 0.939. The molecule has 0 unspecified atom stereocenters. The van der Waals surface area contributed by atoms with Crippen molar-refractivity contribution in [1.29, 1.82) is 0 Å². The lowest BCUT2D eigenvalue weighted by molar-refractivity contribution is -0.0175. The van der Waals surface area contributed by atoms with Crippen molar-refractivity contribution in [3.63, 3.8) is 0 Å². The van der Waals surface area contributed by atoms with Gasteiger partial charge in [0.05, 0.1) is 29.8 Å². The Bertz CT molecular complexity index is 1410. The fraction of sp³-hybridized carbons (Fsp3) is 0.621. The molecule has 4 aliphatic rings. The van der Waals surface area contributed by atoms with Crippen molar-refractivity contribution in [2.24, 2.45) is 5.41 Å². The van der Waals surface area contributed by atoms with Gasteiger partial charge in [-0.3, -0.25) is 15.2 Å². The van der Waals surface area contributed by atoms with Crippen LogP contribution in [0, 0.1) is 5.41 Å². The van der Waals surface area contributed by atoms with Gasteiger partial charge in [-0.25, -0.2) is 15.0 Å². The summed E-state index contributed by atoms with van der Waals surface area (Å²) in [5.74, 6) is -0.0933. The van der Waals surface area contributed by atoms with Crippen LogP contribution in [0.5, 0.6) is 0 Å². The minimum atomic E-state index is -0.324. The van der Waals surface area contributed by atoms with Gasteiger partial charge in [-0.05, 0) is 74.2 Å². The van der Waals surface area contributed by atoms with E-state index in [0.717, 1.165) is 59.9 Å². The highest BCUT2D eigenvalue weighted by Gasteiger charge is 2.45. The van der Waals surface area contributed by atoms with Crippen molar-refractivity contribution >= 4 is 28.3 Å². The SMILES string of the molecule is CC1(C)Cc2cnc(N)nc2-c2[nH]nc(C(=O)Nc3nc(COC4CCN(C5CCC6(CC5)CC6)CC4)cs3)c21. The van der Waals surface area contributed by atoms with Crippen molar-refractivity contribution in [2.45, 2.75) is 95.8 Å². The number of nitrogen functional groups attached to an aromatic ring is 1. The van der Waals surface area contributed by atoms with Crippen molar-refractivity contribution in [3.8, 4) is 11.4 Å². The molecule has 10 nitrogen and oxygen atoms in total. The van der Waals surface area contributed by atoms with E-state index in [4.69, 9.17) is 10.5 Å². The number of amides is 1. The number of hydrogen-bond acceptors (Lipinski definition) is 9. The van der Waals surface area contributed by atoms with Gasteiger partial charge in [0.15, 0.2) is 10.8 Å². The molecule has 1 amide bonds. The molecule has 0 atom stereocenters. The van der Waals surface area contributed by atoms with E-state index in [0.29, 0.717) is 29.5 Å². The quantitative estimate of drug-likeness (QED) is 0.394. The van der Waals surface area contributed by atoms with Crippen LogP contribution in [-0.4, -0.2) is 61.2 Å².